The zero-order valence-corrected chi connectivity index (χ0v) is 9.27. The summed E-state index contributed by atoms with van der Waals surface area (Å²) in [5, 5.41) is 0. The van der Waals surface area contributed by atoms with E-state index < -0.39 is 5.41 Å². The number of hydrogen-bond donors (Lipinski definition) is 0. The van der Waals surface area contributed by atoms with Gasteiger partial charge < -0.3 is 4.74 Å². The molecule has 2 aliphatic rings. The zero-order valence-electron chi connectivity index (χ0n) is 9.27. The van der Waals surface area contributed by atoms with Gasteiger partial charge in [-0.1, -0.05) is 0 Å². The van der Waals surface area contributed by atoms with Crippen LogP contribution in [0.4, 0.5) is 0 Å². The van der Waals surface area contributed by atoms with Crippen molar-refractivity contribution in [2.45, 2.75) is 37.0 Å². The monoisotopic (exact) mass is 218 g/mol. The summed E-state index contributed by atoms with van der Waals surface area (Å²) in [6.45, 7) is 0. The van der Waals surface area contributed by atoms with Gasteiger partial charge >= 0.3 is 5.97 Å². The van der Waals surface area contributed by atoms with Crippen molar-refractivity contribution in [3.63, 3.8) is 0 Å². The van der Waals surface area contributed by atoms with E-state index >= 15 is 0 Å². The SMILES string of the molecule is COC(=O)C1(c2cnc(C3CC3)nc2)CC1. The Morgan fingerprint density at radius 1 is 1.38 bits per heavy atom. The molecule has 0 aliphatic heterocycles. The molecule has 4 heteroatoms. The van der Waals surface area contributed by atoms with Crippen LogP contribution in [0.25, 0.3) is 0 Å². The minimum absolute atomic E-state index is 0.157. The normalized spacial score (nSPS) is 21.6. The number of carbonyl (C=O) groups excluding carboxylic acids is 1. The molecular weight excluding hydrogens is 204 g/mol. The predicted octanol–water partition coefficient (Wildman–Crippen LogP) is 1.56. The number of carbonyl (C=O) groups is 1. The maximum Gasteiger partial charge on any atom is 0.316 e. The second kappa shape index (κ2) is 3.27. The van der Waals surface area contributed by atoms with Crippen LogP contribution in [-0.4, -0.2) is 23.0 Å². The molecule has 1 aromatic rings. The Balaban J connectivity index is 1.86. The summed E-state index contributed by atoms with van der Waals surface area (Å²) in [6.07, 6.45) is 7.69. The van der Waals surface area contributed by atoms with Crippen LogP contribution in [0.15, 0.2) is 12.4 Å². The Morgan fingerprint density at radius 3 is 2.44 bits per heavy atom. The zero-order chi connectivity index (χ0) is 11.2. The van der Waals surface area contributed by atoms with E-state index in [1.54, 1.807) is 12.4 Å². The number of esters is 1. The van der Waals surface area contributed by atoms with Crippen LogP contribution in [-0.2, 0) is 14.9 Å². The van der Waals surface area contributed by atoms with Gasteiger partial charge in [-0.3, -0.25) is 4.79 Å². The quantitative estimate of drug-likeness (QED) is 0.722. The van der Waals surface area contributed by atoms with Crippen molar-refractivity contribution in [2.75, 3.05) is 7.11 Å². The van der Waals surface area contributed by atoms with Crippen LogP contribution >= 0.6 is 0 Å². The van der Waals surface area contributed by atoms with Gasteiger partial charge in [0.25, 0.3) is 0 Å². The molecule has 2 fully saturated rings. The summed E-state index contributed by atoms with van der Waals surface area (Å²) >= 11 is 0. The highest BCUT2D eigenvalue weighted by Gasteiger charge is 2.53. The van der Waals surface area contributed by atoms with Gasteiger partial charge in [0.15, 0.2) is 0 Å². The average Bonchev–Trinajstić information content (AvgIpc) is 3.19. The lowest BCUT2D eigenvalue weighted by Gasteiger charge is -2.12. The highest BCUT2D eigenvalue weighted by Crippen LogP contribution is 2.49. The first-order valence-electron chi connectivity index (χ1n) is 5.67. The minimum atomic E-state index is -0.434. The number of ether oxygens (including phenoxy) is 1. The molecule has 1 aromatic heterocycles. The standard InChI is InChI=1S/C12H14N2O2/c1-16-11(15)12(4-5-12)9-6-13-10(14-7-9)8-2-3-8/h6-8H,2-5H2,1H3. The fraction of sp³-hybridized carbons (Fsp3) is 0.583. The lowest BCUT2D eigenvalue weighted by Crippen LogP contribution is -2.22. The fourth-order valence-corrected chi connectivity index (χ4v) is 2.07. The molecule has 0 unspecified atom stereocenters. The Kier molecular flexibility index (Phi) is 1.99. The largest absolute Gasteiger partial charge is 0.468 e. The Labute approximate surface area is 94.1 Å². The van der Waals surface area contributed by atoms with E-state index in [0.29, 0.717) is 5.92 Å². The minimum Gasteiger partial charge on any atom is -0.468 e. The summed E-state index contributed by atoms with van der Waals surface area (Å²) in [5.41, 5.74) is 0.473. The second-order valence-corrected chi connectivity index (χ2v) is 4.68. The Morgan fingerprint density at radius 2 is 2.00 bits per heavy atom. The number of methoxy groups -OCH3 is 1. The molecule has 0 amide bonds. The number of hydrogen-bond acceptors (Lipinski definition) is 4. The van der Waals surface area contributed by atoms with Crippen molar-refractivity contribution >= 4 is 5.97 Å². The van der Waals surface area contributed by atoms with Gasteiger partial charge in [-0.2, -0.15) is 0 Å². The van der Waals surface area contributed by atoms with Crippen LogP contribution in [0.5, 0.6) is 0 Å². The predicted molar refractivity (Wildman–Crippen MR) is 56.9 cm³/mol. The summed E-state index contributed by atoms with van der Waals surface area (Å²) in [5.74, 6) is 1.32. The van der Waals surface area contributed by atoms with Gasteiger partial charge in [-0.25, -0.2) is 9.97 Å². The van der Waals surface area contributed by atoms with Gasteiger partial charge in [-0.05, 0) is 25.7 Å². The fourth-order valence-electron chi connectivity index (χ4n) is 2.07. The molecule has 84 valence electrons. The second-order valence-electron chi connectivity index (χ2n) is 4.68. The van der Waals surface area contributed by atoms with E-state index in [1.165, 1.54) is 20.0 Å². The van der Waals surface area contributed by atoms with E-state index in [4.69, 9.17) is 4.74 Å². The van der Waals surface area contributed by atoms with E-state index in [2.05, 4.69) is 9.97 Å². The first-order valence-corrected chi connectivity index (χ1v) is 5.67. The van der Waals surface area contributed by atoms with E-state index in [9.17, 15) is 4.79 Å². The lowest BCUT2D eigenvalue weighted by atomic mass is 9.99. The molecule has 0 N–H and O–H groups in total. The third kappa shape index (κ3) is 1.40. The molecule has 16 heavy (non-hydrogen) atoms. The summed E-state index contributed by atoms with van der Waals surface area (Å²) < 4.78 is 4.83. The van der Waals surface area contributed by atoms with Gasteiger partial charge in [0, 0.05) is 23.9 Å². The molecular formula is C12H14N2O2. The Hall–Kier alpha value is -1.45. The van der Waals surface area contributed by atoms with Crippen LogP contribution in [0, 0.1) is 0 Å². The number of nitrogens with zero attached hydrogens (tertiary/aromatic N) is 2. The highest BCUT2D eigenvalue weighted by molar-refractivity contribution is 5.86. The molecule has 0 radical (unpaired) electrons. The first-order chi connectivity index (χ1) is 7.76. The van der Waals surface area contributed by atoms with Crippen molar-refractivity contribution < 1.29 is 9.53 Å². The van der Waals surface area contributed by atoms with Gasteiger partial charge in [0.2, 0.25) is 0 Å². The van der Waals surface area contributed by atoms with E-state index in [1.807, 2.05) is 0 Å². The van der Waals surface area contributed by atoms with Crippen LogP contribution in [0.2, 0.25) is 0 Å². The molecule has 2 aliphatic carbocycles. The third-order valence-corrected chi connectivity index (χ3v) is 3.49. The first kappa shape index (κ1) is 9.75. The molecule has 2 saturated carbocycles. The third-order valence-electron chi connectivity index (χ3n) is 3.49. The molecule has 3 rings (SSSR count). The van der Waals surface area contributed by atoms with Crippen LogP contribution < -0.4 is 0 Å². The van der Waals surface area contributed by atoms with Crippen molar-refractivity contribution in [1.82, 2.24) is 9.97 Å². The van der Waals surface area contributed by atoms with Crippen molar-refractivity contribution in [3.8, 4) is 0 Å². The highest BCUT2D eigenvalue weighted by atomic mass is 16.5. The van der Waals surface area contributed by atoms with Gasteiger partial charge in [-0.15, -0.1) is 0 Å². The number of rotatable bonds is 3. The maximum absolute atomic E-state index is 11.6. The topological polar surface area (TPSA) is 52.1 Å². The van der Waals surface area contributed by atoms with Gasteiger partial charge in [0.05, 0.1) is 12.5 Å². The molecule has 0 atom stereocenters. The van der Waals surface area contributed by atoms with Crippen LogP contribution in [0.1, 0.15) is 43.0 Å². The smallest absolute Gasteiger partial charge is 0.316 e. The van der Waals surface area contributed by atoms with Crippen molar-refractivity contribution in [2.24, 2.45) is 0 Å². The number of aromatic nitrogens is 2. The van der Waals surface area contributed by atoms with Crippen LogP contribution in [0.3, 0.4) is 0 Å². The van der Waals surface area contributed by atoms with Gasteiger partial charge in [0.1, 0.15) is 5.82 Å². The molecule has 0 aromatic carbocycles. The Bertz CT molecular complexity index is 419. The average molecular weight is 218 g/mol. The molecule has 0 spiro atoms. The van der Waals surface area contributed by atoms with E-state index in [-0.39, 0.29) is 5.97 Å². The summed E-state index contributed by atoms with van der Waals surface area (Å²) in [6, 6.07) is 0. The molecule has 0 saturated heterocycles. The van der Waals surface area contributed by atoms with Crippen molar-refractivity contribution in [3.05, 3.63) is 23.8 Å². The molecule has 4 nitrogen and oxygen atoms in total. The lowest BCUT2D eigenvalue weighted by molar-refractivity contribution is -0.143. The molecule has 1 heterocycles. The van der Waals surface area contributed by atoms with E-state index in [0.717, 1.165) is 24.2 Å². The summed E-state index contributed by atoms with van der Waals surface area (Å²) in [4.78, 5) is 20.3. The van der Waals surface area contributed by atoms with Crippen molar-refractivity contribution in [1.29, 1.82) is 0 Å². The summed E-state index contributed by atoms with van der Waals surface area (Å²) in [7, 11) is 1.43. The maximum atomic E-state index is 11.6. The molecule has 0 bridgehead atoms.